The molecular weight excluding hydrogens is 414 g/mol. The number of hydrogen-bond acceptors (Lipinski definition) is 7. The first-order valence-electron chi connectivity index (χ1n) is 10.2. The minimum atomic E-state index is -0.162. The van der Waals surface area contributed by atoms with Gasteiger partial charge in [-0.15, -0.1) is 0 Å². The van der Waals surface area contributed by atoms with E-state index in [0.29, 0.717) is 49.3 Å². The van der Waals surface area contributed by atoms with E-state index in [1.165, 1.54) is 11.8 Å². The number of thioether (sulfide) groups is 1. The molecule has 1 aromatic carbocycles. The quantitative estimate of drug-likeness (QED) is 0.334. The van der Waals surface area contributed by atoms with Gasteiger partial charge in [-0.1, -0.05) is 41.2 Å². The second-order valence-electron chi connectivity index (χ2n) is 6.83. The van der Waals surface area contributed by atoms with Crippen LogP contribution in [0.2, 0.25) is 0 Å². The predicted molar refractivity (Wildman–Crippen MR) is 119 cm³/mol. The van der Waals surface area contributed by atoms with E-state index in [0.717, 1.165) is 22.6 Å². The molecule has 1 amide bonds. The first kappa shape index (κ1) is 23.0. The van der Waals surface area contributed by atoms with Crippen molar-refractivity contribution in [3.05, 3.63) is 76.8 Å². The molecule has 0 radical (unpaired) electrons. The normalized spacial score (nSPS) is 10.9. The molecule has 0 saturated carbocycles. The fourth-order valence-electron chi connectivity index (χ4n) is 2.87. The molecule has 8 heteroatoms. The summed E-state index contributed by atoms with van der Waals surface area (Å²) < 4.78 is 16.0. The van der Waals surface area contributed by atoms with Crippen molar-refractivity contribution in [2.24, 2.45) is 0 Å². The lowest BCUT2D eigenvalue weighted by molar-refractivity contribution is 0.0453. The number of carbonyl (C=O) groups is 1. The summed E-state index contributed by atoms with van der Waals surface area (Å²) in [5.41, 5.74) is 3.43. The van der Waals surface area contributed by atoms with Gasteiger partial charge in [0, 0.05) is 31.2 Å². The van der Waals surface area contributed by atoms with Crippen molar-refractivity contribution in [2.45, 2.75) is 37.8 Å². The summed E-state index contributed by atoms with van der Waals surface area (Å²) in [6, 6.07) is 13.4. The van der Waals surface area contributed by atoms with Crippen LogP contribution >= 0.6 is 11.8 Å². The van der Waals surface area contributed by atoms with Gasteiger partial charge in [0.05, 0.1) is 31.1 Å². The van der Waals surface area contributed by atoms with E-state index in [4.69, 9.17) is 14.0 Å². The van der Waals surface area contributed by atoms with Crippen LogP contribution in [-0.4, -0.2) is 35.9 Å². The zero-order chi connectivity index (χ0) is 21.9. The van der Waals surface area contributed by atoms with Gasteiger partial charge in [-0.05, 0) is 37.1 Å². The molecule has 0 aliphatic heterocycles. The van der Waals surface area contributed by atoms with Crippen LogP contribution in [0.4, 0.5) is 0 Å². The predicted octanol–water partition coefficient (Wildman–Crippen LogP) is 4.15. The number of amides is 1. The van der Waals surface area contributed by atoms with Crippen molar-refractivity contribution in [1.29, 1.82) is 0 Å². The maximum atomic E-state index is 12.8. The summed E-state index contributed by atoms with van der Waals surface area (Å²) in [5.74, 6) is 1.18. The second kappa shape index (κ2) is 12.2. The van der Waals surface area contributed by atoms with Crippen LogP contribution in [0.25, 0.3) is 0 Å². The van der Waals surface area contributed by atoms with Gasteiger partial charge < -0.3 is 19.3 Å². The maximum Gasteiger partial charge on any atom is 0.254 e. The molecule has 164 valence electrons. The van der Waals surface area contributed by atoms with Crippen LogP contribution in [0.15, 0.2) is 58.2 Å². The Balaban J connectivity index is 1.53. The Kier molecular flexibility index (Phi) is 9.08. The van der Waals surface area contributed by atoms with Crippen LogP contribution < -0.4 is 5.32 Å². The molecule has 0 atom stereocenters. The lowest BCUT2D eigenvalue weighted by Crippen LogP contribution is -2.23. The molecule has 2 heterocycles. The van der Waals surface area contributed by atoms with E-state index in [1.807, 2.05) is 44.2 Å². The molecule has 0 bridgehead atoms. The molecule has 0 saturated heterocycles. The number of aromatic nitrogens is 2. The Morgan fingerprint density at radius 3 is 2.77 bits per heavy atom. The second-order valence-corrected chi connectivity index (χ2v) is 7.79. The summed E-state index contributed by atoms with van der Waals surface area (Å²) in [5, 5.41) is 7.63. The van der Waals surface area contributed by atoms with Gasteiger partial charge in [0.2, 0.25) is 0 Å². The zero-order valence-electron chi connectivity index (χ0n) is 17.8. The molecule has 0 spiro atoms. The summed E-state index contributed by atoms with van der Waals surface area (Å²) in [6.07, 6.45) is 1.68. The van der Waals surface area contributed by atoms with Crippen molar-refractivity contribution in [3.63, 3.8) is 0 Å². The summed E-state index contributed by atoms with van der Waals surface area (Å²) >= 11 is 1.46. The van der Waals surface area contributed by atoms with Gasteiger partial charge in [-0.2, -0.15) is 0 Å². The highest BCUT2D eigenvalue weighted by Crippen LogP contribution is 2.24. The van der Waals surface area contributed by atoms with Crippen LogP contribution in [0.5, 0.6) is 0 Å². The zero-order valence-corrected chi connectivity index (χ0v) is 18.6. The monoisotopic (exact) mass is 441 g/mol. The third-order valence-corrected chi connectivity index (χ3v) is 5.38. The lowest BCUT2D eigenvalue weighted by atomic mass is 10.1. The van der Waals surface area contributed by atoms with Gasteiger partial charge in [-0.3, -0.25) is 4.79 Å². The van der Waals surface area contributed by atoms with E-state index < -0.39 is 0 Å². The number of hydrogen-bond donors (Lipinski definition) is 1. The Hall–Kier alpha value is -2.68. The molecule has 3 rings (SSSR count). The molecule has 0 aliphatic carbocycles. The number of carbonyl (C=O) groups excluding carboxylic acids is 1. The van der Waals surface area contributed by atoms with Gasteiger partial charge in [0.1, 0.15) is 10.8 Å². The van der Waals surface area contributed by atoms with Gasteiger partial charge in [0.15, 0.2) is 0 Å². The highest BCUT2D eigenvalue weighted by atomic mass is 32.2. The smallest absolute Gasteiger partial charge is 0.254 e. The first-order valence-corrected chi connectivity index (χ1v) is 11.2. The average Bonchev–Trinajstić information content (AvgIpc) is 3.21. The molecule has 2 aromatic heterocycles. The number of benzene rings is 1. The Morgan fingerprint density at radius 2 is 1.97 bits per heavy atom. The molecule has 3 aromatic rings. The first-order chi connectivity index (χ1) is 15.2. The highest BCUT2D eigenvalue weighted by molar-refractivity contribution is 7.98. The summed E-state index contributed by atoms with van der Waals surface area (Å²) in [6.45, 7) is 6.59. The third kappa shape index (κ3) is 7.50. The van der Waals surface area contributed by atoms with E-state index in [-0.39, 0.29) is 5.91 Å². The van der Waals surface area contributed by atoms with Crippen LogP contribution in [0.1, 0.15) is 39.9 Å². The van der Waals surface area contributed by atoms with Crippen molar-refractivity contribution in [2.75, 3.05) is 19.8 Å². The number of ether oxygens (including phenoxy) is 2. The van der Waals surface area contributed by atoms with E-state index in [1.54, 1.807) is 18.3 Å². The van der Waals surface area contributed by atoms with Crippen molar-refractivity contribution < 1.29 is 18.8 Å². The summed E-state index contributed by atoms with van der Waals surface area (Å²) in [7, 11) is 0. The van der Waals surface area contributed by atoms with E-state index in [9.17, 15) is 4.79 Å². The number of nitrogens with one attached hydrogen (secondary N) is 1. The Labute approximate surface area is 186 Å². The minimum absolute atomic E-state index is 0.162. The van der Waals surface area contributed by atoms with Gasteiger partial charge >= 0.3 is 0 Å². The highest BCUT2D eigenvalue weighted by Gasteiger charge is 2.13. The minimum Gasteiger partial charge on any atom is -0.379 e. The van der Waals surface area contributed by atoms with E-state index in [2.05, 4.69) is 15.5 Å². The lowest BCUT2D eigenvalue weighted by Gasteiger charge is -2.10. The fraction of sp³-hybridized carbons (Fsp3) is 0.348. The number of aryl methyl sites for hydroxylation is 1. The Morgan fingerprint density at radius 1 is 1.13 bits per heavy atom. The SMILES string of the molecule is CCOCCOCc1cccc(CNC(=O)c2cccnc2SCc2cc(C)on2)c1. The third-order valence-electron chi connectivity index (χ3n) is 4.34. The summed E-state index contributed by atoms with van der Waals surface area (Å²) in [4.78, 5) is 17.1. The number of pyridine rings is 1. The largest absolute Gasteiger partial charge is 0.379 e. The molecular formula is C23H27N3O4S. The van der Waals surface area contributed by atoms with Crippen molar-refractivity contribution >= 4 is 17.7 Å². The van der Waals surface area contributed by atoms with Crippen molar-refractivity contribution in [3.8, 4) is 0 Å². The topological polar surface area (TPSA) is 86.5 Å². The molecule has 0 fully saturated rings. The van der Waals surface area contributed by atoms with Crippen LogP contribution in [-0.2, 0) is 28.4 Å². The molecule has 0 aliphatic rings. The Bertz CT molecular complexity index is 977. The standard InChI is InChI=1S/C23H27N3O4S/c1-3-28-10-11-29-15-19-7-4-6-18(13-19)14-25-22(27)21-8-5-9-24-23(21)31-16-20-12-17(2)30-26-20/h4-9,12-13H,3,10-11,14-16H2,1-2H3,(H,25,27). The molecule has 7 nitrogen and oxygen atoms in total. The molecule has 31 heavy (non-hydrogen) atoms. The average molecular weight is 442 g/mol. The molecule has 1 N–H and O–H groups in total. The van der Waals surface area contributed by atoms with Crippen molar-refractivity contribution in [1.82, 2.24) is 15.5 Å². The fourth-order valence-corrected chi connectivity index (χ4v) is 3.74. The maximum absolute atomic E-state index is 12.8. The van der Waals surface area contributed by atoms with Gasteiger partial charge in [0.25, 0.3) is 5.91 Å². The number of rotatable bonds is 12. The van der Waals surface area contributed by atoms with Crippen LogP contribution in [0.3, 0.4) is 0 Å². The number of nitrogens with zero attached hydrogens (tertiary/aromatic N) is 2. The van der Waals surface area contributed by atoms with Gasteiger partial charge in [-0.25, -0.2) is 4.98 Å². The van der Waals surface area contributed by atoms with Crippen LogP contribution in [0, 0.1) is 6.92 Å². The van der Waals surface area contributed by atoms with E-state index >= 15 is 0 Å². The molecule has 0 unspecified atom stereocenters.